The van der Waals surface area contributed by atoms with Crippen LogP contribution >= 0.6 is 23.2 Å². The molecule has 0 unspecified atom stereocenters. The maximum Gasteiger partial charge on any atom is 0.240 e. The minimum absolute atomic E-state index is 0.103. The number of nitrogens with one attached hydrogen (secondary N) is 1. The summed E-state index contributed by atoms with van der Waals surface area (Å²) in [4.78, 5) is 0.103. The van der Waals surface area contributed by atoms with E-state index in [2.05, 4.69) is 4.72 Å². The smallest absolute Gasteiger partial charge is 0.240 e. The first-order chi connectivity index (χ1) is 9.32. The first-order valence-corrected chi connectivity index (χ1v) is 8.80. The predicted molar refractivity (Wildman–Crippen MR) is 81.7 cm³/mol. The van der Waals surface area contributed by atoms with E-state index in [9.17, 15) is 8.42 Å². The maximum atomic E-state index is 12.2. The highest BCUT2D eigenvalue weighted by molar-refractivity contribution is 7.89. The molecule has 2 rings (SSSR count). The molecule has 0 bridgehead atoms. The Kier molecular flexibility index (Phi) is 4.97. The van der Waals surface area contributed by atoms with Crippen molar-refractivity contribution in [2.24, 2.45) is 5.73 Å². The quantitative estimate of drug-likeness (QED) is 0.887. The van der Waals surface area contributed by atoms with E-state index in [0.29, 0.717) is 5.02 Å². The maximum absolute atomic E-state index is 12.2. The first kappa shape index (κ1) is 16.0. The molecule has 1 aromatic rings. The van der Waals surface area contributed by atoms with E-state index >= 15 is 0 Å². The third-order valence-electron chi connectivity index (χ3n) is 3.66. The highest BCUT2D eigenvalue weighted by Crippen LogP contribution is 2.27. The zero-order valence-electron chi connectivity index (χ0n) is 11.0. The highest BCUT2D eigenvalue weighted by Gasteiger charge is 2.29. The molecule has 0 amide bonds. The van der Waals surface area contributed by atoms with E-state index in [4.69, 9.17) is 28.9 Å². The molecule has 0 atom stereocenters. The number of benzene rings is 1. The fraction of sp³-hybridized carbons (Fsp3) is 0.538. The number of rotatable bonds is 4. The fourth-order valence-corrected chi connectivity index (χ4v) is 3.93. The second-order valence-corrected chi connectivity index (χ2v) is 7.90. The lowest BCUT2D eigenvalue weighted by atomic mass is 9.83. The lowest BCUT2D eigenvalue weighted by Crippen LogP contribution is -2.51. The molecule has 3 N–H and O–H groups in total. The summed E-state index contributed by atoms with van der Waals surface area (Å²) in [5, 5.41) is 0.544. The molecule has 1 aromatic carbocycles. The summed E-state index contributed by atoms with van der Waals surface area (Å²) < 4.78 is 27.0. The van der Waals surface area contributed by atoms with Gasteiger partial charge in [0.15, 0.2) is 0 Å². The molecule has 1 aliphatic carbocycles. The Morgan fingerprint density at radius 3 is 2.40 bits per heavy atom. The second-order valence-electron chi connectivity index (χ2n) is 5.32. The van der Waals surface area contributed by atoms with Crippen molar-refractivity contribution < 1.29 is 8.42 Å². The van der Waals surface area contributed by atoms with Gasteiger partial charge in [-0.2, -0.15) is 0 Å². The van der Waals surface area contributed by atoms with Crippen LogP contribution in [0.5, 0.6) is 0 Å². The summed E-state index contributed by atoms with van der Waals surface area (Å²) in [6, 6.07) is 4.24. The van der Waals surface area contributed by atoms with Crippen LogP contribution < -0.4 is 10.5 Å². The van der Waals surface area contributed by atoms with Crippen molar-refractivity contribution in [3.63, 3.8) is 0 Å². The van der Waals surface area contributed by atoms with Gasteiger partial charge < -0.3 is 5.73 Å². The average molecular weight is 337 g/mol. The molecular formula is C13H18Cl2N2O2S. The van der Waals surface area contributed by atoms with E-state index in [1.807, 2.05) is 0 Å². The van der Waals surface area contributed by atoms with E-state index in [-0.39, 0.29) is 16.5 Å². The normalized spacial score (nSPS) is 18.9. The van der Waals surface area contributed by atoms with E-state index < -0.39 is 15.6 Å². The van der Waals surface area contributed by atoms with Crippen molar-refractivity contribution in [3.05, 3.63) is 28.2 Å². The van der Waals surface area contributed by atoms with Crippen LogP contribution in [0.4, 0.5) is 0 Å². The number of hydrogen-bond donors (Lipinski definition) is 2. The molecule has 4 nitrogen and oxygen atoms in total. The molecule has 1 fully saturated rings. The molecule has 7 heteroatoms. The van der Waals surface area contributed by atoms with Crippen molar-refractivity contribution in [2.75, 3.05) is 6.54 Å². The Balaban J connectivity index is 2.09. The fourth-order valence-electron chi connectivity index (χ4n) is 2.40. The van der Waals surface area contributed by atoms with Gasteiger partial charge in [-0.25, -0.2) is 13.1 Å². The van der Waals surface area contributed by atoms with Crippen LogP contribution in [0.15, 0.2) is 23.1 Å². The third kappa shape index (κ3) is 3.86. The molecule has 0 spiro atoms. The number of nitrogens with two attached hydrogens (primary N) is 1. The van der Waals surface area contributed by atoms with Gasteiger partial charge in [0.25, 0.3) is 0 Å². The standard InChI is InChI=1S/C13H18Cl2N2O2S/c14-11-5-4-10(8-12(11)15)20(18,19)17-9-13(16)6-2-1-3-7-13/h4-5,8,17H,1-3,6-7,9,16H2. The molecular weight excluding hydrogens is 319 g/mol. The molecule has 20 heavy (non-hydrogen) atoms. The Bertz CT molecular complexity index is 584. The molecule has 112 valence electrons. The van der Waals surface area contributed by atoms with Gasteiger partial charge in [-0.1, -0.05) is 42.5 Å². The number of sulfonamides is 1. The van der Waals surface area contributed by atoms with Gasteiger partial charge in [-0.15, -0.1) is 0 Å². The summed E-state index contributed by atoms with van der Waals surface area (Å²) in [5.74, 6) is 0. The van der Waals surface area contributed by atoms with Crippen LogP contribution in [-0.4, -0.2) is 20.5 Å². The third-order valence-corrected chi connectivity index (χ3v) is 5.80. The zero-order valence-corrected chi connectivity index (χ0v) is 13.4. The van der Waals surface area contributed by atoms with E-state index in [1.165, 1.54) is 24.6 Å². The Morgan fingerprint density at radius 1 is 1.15 bits per heavy atom. The number of hydrogen-bond acceptors (Lipinski definition) is 3. The molecule has 0 radical (unpaired) electrons. The summed E-state index contributed by atoms with van der Waals surface area (Å²) in [7, 11) is -3.61. The van der Waals surface area contributed by atoms with Crippen molar-refractivity contribution in [1.29, 1.82) is 0 Å². The van der Waals surface area contributed by atoms with Gasteiger partial charge in [0, 0.05) is 12.1 Å². The van der Waals surface area contributed by atoms with Gasteiger partial charge in [-0.05, 0) is 31.0 Å². The van der Waals surface area contributed by atoms with Crippen molar-refractivity contribution in [1.82, 2.24) is 4.72 Å². The highest BCUT2D eigenvalue weighted by atomic mass is 35.5. The van der Waals surface area contributed by atoms with Gasteiger partial charge in [0.2, 0.25) is 10.0 Å². The Hall–Kier alpha value is -0.330. The van der Waals surface area contributed by atoms with Gasteiger partial charge in [0.05, 0.1) is 14.9 Å². The molecule has 0 saturated heterocycles. The van der Waals surface area contributed by atoms with E-state index in [0.717, 1.165) is 25.7 Å². The summed E-state index contributed by atoms with van der Waals surface area (Å²) >= 11 is 11.6. The van der Waals surface area contributed by atoms with Crippen LogP contribution in [0.1, 0.15) is 32.1 Å². The van der Waals surface area contributed by atoms with Crippen LogP contribution in [0.25, 0.3) is 0 Å². The summed E-state index contributed by atoms with van der Waals surface area (Å²) in [6.07, 6.45) is 4.95. The van der Waals surface area contributed by atoms with Gasteiger partial charge >= 0.3 is 0 Å². The van der Waals surface area contributed by atoms with Crippen molar-refractivity contribution >= 4 is 33.2 Å². The topological polar surface area (TPSA) is 72.2 Å². The van der Waals surface area contributed by atoms with Crippen LogP contribution in [-0.2, 0) is 10.0 Å². The molecule has 0 aromatic heterocycles. The SMILES string of the molecule is NC1(CNS(=O)(=O)c2ccc(Cl)c(Cl)c2)CCCCC1. The lowest BCUT2D eigenvalue weighted by molar-refractivity contribution is 0.296. The monoisotopic (exact) mass is 336 g/mol. The van der Waals surface area contributed by atoms with Crippen LogP contribution in [0.3, 0.4) is 0 Å². The lowest BCUT2D eigenvalue weighted by Gasteiger charge is -2.33. The summed E-state index contributed by atoms with van der Waals surface area (Å²) in [6.45, 7) is 0.246. The predicted octanol–water partition coefficient (Wildman–Crippen LogP) is 2.93. The zero-order chi connectivity index (χ0) is 14.8. The second kappa shape index (κ2) is 6.20. The molecule has 1 saturated carbocycles. The van der Waals surface area contributed by atoms with Gasteiger partial charge in [0.1, 0.15) is 0 Å². The van der Waals surface area contributed by atoms with E-state index in [1.54, 1.807) is 0 Å². The number of halogens is 2. The summed E-state index contributed by atoms with van der Waals surface area (Å²) in [5.41, 5.74) is 5.78. The Morgan fingerprint density at radius 2 is 1.80 bits per heavy atom. The minimum Gasteiger partial charge on any atom is -0.324 e. The van der Waals surface area contributed by atoms with Crippen molar-refractivity contribution in [2.45, 2.75) is 42.5 Å². The Labute approximate surface area is 129 Å². The van der Waals surface area contributed by atoms with Gasteiger partial charge in [-0.3, -0.25) is 0 Å². The largest absolute Gasteiger partial charge is 0.324 e. The van der Waals surface area contributed by atoms with Crippen molar-refractivity contribution in [3.8, 4) is 0 Å². The first-order valence-electron chi connectivity index (χ1n) is 6.56. The average Bonchev–Trinajstić information content (AvgIpc) is 2.41. The molecule has 1 aliphatic rings. The minimum atomic E-state index is -3.61. The van der Waals surface area contributed by atoms with Crippen LogP contribution in [0.2, 0.25) is 10.0 Å². The molecule has 0 heterocycles. The van der Waals surface area contributed by atoms with Crippen LogP contribution in [0, 0.1) is 0 Å². The molecule has 0 aliphatic heterocycles.